The van der Waals surface area contributed by atoms with E-state index in [-0.39, 0.29) is 29.0 Å². The van der Waals surface area contributed by atoms with Gasteiger partial charge in [0.25, 0.3) is 0 Å². The molecule has 0 unspecified atom stereocenters. The van der Waals surface area contributed by atoms with Gasteiger partial charge in [0.1, 0.15) is 11.4 Å². The van der Waals surface area contributed by atoms with Crippen molar-refractivity contribution in [2.45, 2.75) is 49.2 Å². The molecule has 9 heteroatoms. The number of hydrogen-bond acceptors (Lipinski definition) is 5. The molecular weight excluding hydrogens is 676 g/mol. The molecule has 51 heavy (non-hydrogen) atoms. The van der Waals surface area contributed by atoms with Crippen LogP contribution in [0.4, 0.5) is 0 Å². The van der Waals surface area contributed by atoms with E-state index in [2.05, 4.69) is 95.8 Å². The molecule has 0 saturated carbocycles. The van der Waals surface area contributed by atoms with Gasteiger partial charge in [-0.05, 0) is 71.5 Å². The van der Waals surface area contributed by atoms with Gasteiger partial charge in [0.2, 0.25) is 5.91 Å². The lowest BCUT2D eigenvalue weighted by atomic mass is 9.76. The topological polar surface area (TPSA) is 84.3 Å². The van der Waals surface area contributed by atoms with Crippen molar-refractivity contribution in [1.29, 1.82) is 0 Å². The molecular formula is C42H41ClN4O3S. The third-order valence-corrected chi connectivity index (χ3v) is 12.0. The Labute approximate surface area is 304 Å². The van der Waals surface area contributed by atoms with Gasteiger partial charge in [0.05, 0.1) is 16.3 Å². The molecule has 0 radical (unpaired) electrons. The molecule has 1 aliphatic heterocycles. The molecule has 2 heterocycles. The summed E-state index contributed by atoms with van der Waals surface area (Å²) in [5, 5.41) is 5.95. The van der Waals surface area contributed by atoms with Gasteiger partial charge in [-0.25, -0.2) is 13.4 Å². The molecule has 7 nitrogen and oxygen atoms in total. The summed E-state index contributed by atoms with van der Waals surface area (Å²) < 4.78 is 28.5. The smallest absolute Gasteiger partial charge is 0.223 e. The molecule has 1 aliphatic rings. The minimum atomic E-state index is -3.61. The minimum Gasteiger partial charge on any atom is -0.343 e. The van der Waals surface area contributed by atoms with Crippen molar-refractivity contribution in [1.82, 2.24) is 19.8 Å². The van der Waals surface area contributed by atoms with Crippen LogP contribution in [-0.2, 0) is 26.7 Å². The summed E-state index contributed by atoms with van der Waals surface area (Å²) in [5.74, 6) is 0.562. The third kappa shape index (κ3) is 7.22. The Bertz CT molecular complexity index is 2140. The second-order valence-electron chi connectivity index (χ2n) is 13.2. The molecule has 1 N–H and O–H groups in total. The molecule has 0 aliphatic carbocycles. The van der Waals surface area contributed by atoms with Crippen molar-refractivity contribution in [2.24, 2.45) is 0 Å². The van der Waals surface area contributed by atoms with Crippen LogP contribution in [-0.4, -0.2) is 53.7 Å². The van der Waals surface area contributed by atoms with Gasteiger partial charge in [-0.2, -0.15) is 0 Å². The van der Waals surface area contributed by atoms with E-state index in [0.29, 0.717) is 24.7 Å². The number of likely N-dealkylation sites (tertiary alicyclic amines) is 1. The lowest BCUT2D eigenvalue weighted by molar-refractivity contribution is -0.131. The van der Waals surface area contributed by atoms with E-state index < -0.39 is 15.4 Å². The summed E-state index contributed by atoms with van der Waals surface area (Å²) in [5.41, 5.74) is 3.76. The Morgan fingerprint density at radius 3 is 1.94 bits per heavy atom. The maximum atomic E-state index is 13.1. The van der Waals surface area contributed by atoms with Crippen LogP contribution in [0.1, 0.15) is 47.5 Å². The fraction of sp³-hybridized carbons (Fsp3) is 0.238. The van der Waals surface area contributed by atoms with Gasteiger partial charge >= 0.3 is 0 Å². The highest BCUT2D eigenvalue weighted by Crippen LogP contribution is 2.41. The number of aryl methyl sites for hydroxylation is 1. The molecule has 6 aromatic rings. The number of benzene rings is 5. The highest BCUT2D eigenvalue weighted by Gasteiger charge is 2.39. The summed E-state index contributed by atoms with van der Waals surface area (Å²) in [7, 11) is -3.61. The van der Waals surface area contributed by atoms with Crippen molar-refractivity contribution in [3.05, 3.63) is 167 Å². The van der Waals surface area contributed by atoms with Crippen molar-refractivity contribution < 1.29 is 13.2 Å². The van der Waals surface area contributed by atoms with E-state index in [9.17, 15) is 13.2 Å². The Balaban J connectivity index is 1.01. The number of sulfone groups is 1. The first-order chi connectivity index (χ1) is 24.7. The molecule has 0 spiro atoms. The van der Waals surface area contributed by atoms with Gasteiger partial charge < -0.3 is 14.8 Å². The number of halogens is 1. The van der Waals surface area contributed by atoms with E-state index in [4.69, 9.17) is 16.6 Å². The Kier molecular flexibility index (Phi) is 10.1. The summed E-state index contributed by atoms with van der Waals surface area (Å²) in [4.78, 5) is 20.2. The average molecular weight is 717 g/mol. The second kappa shape index (κ2) is 14.8. The Morgan fingerprint density at radius 2 is 1.35 bits per heavy atom. The number of hydrogen-bond donors (Lipinski definition) is 1. The minimum absolute atomic E-state index is 0.0399. The zero-order valence-electron chi connectivity index (χ0n) is 28.6. The van der Waals surface area contributed by atoms with E-state index in [1.807, 2.05) is 18.2 Å². The largest absolute Gasteiger partial charge is 0.343 e. The monoisotopic (exact) mass is 716 g/mol. The highest BCUT2D eigenvalue weighted by molar-refractivity contribution is 7.91. The maximum Gasteiger partial charge on any atom is 0.223 e. The number of rotatable bonds is 11. The number of carbonyl (C=O) groups is 1. The van der Waals surface area contributed by atoms with E-state index in [1.54, 1.807) is 41.3 Å². The van der Waals surface area contributed by atoms with Gasteiger partial charge in [-0.1, -0.05) is 115 Å². The number of carbonyl (C=O) groups excluding carboxylic acids is 1. The first kappa shape index (κ1) is 34.7. The number of amides is 1. The standard InChI is InChI=1S/C42H41ClN4O3S/c1-31-45-39(30-47(31)42(34-11-5-2-6-12-34,35-13-7-3-8-14-35)36-15-9-4-10-16-36)29-44-38-21-24-46(25-22-38)41(48)23-26-51(49,50)40-20-18-32-27-37(43)19-17-33(32)28-40/h2-20,27-28,30,38,44H,21-26,29H2,1H3. The second-order valence-corrected chi connectivity index (χ2v) is 15.8. The number of piperidine rings is 1. The molecule has 1 saturated heterocycles. The molecule has 5 aromatic carbocycles. The van der Waals surface area contributed by atoms with Gasteiger partial charge in [-0.15, -0.1) is 0 Å². The van der Waals surface area contributed by atoms with Crippen molar-refractivity contribution in [2.75, 3.05) is 18.8 Å². The van der Waals surface area contributed by atoms with Crippen molar-refractivity contribution in [3.63, 3.8) is 0 Å². The normalized spacial score (nSPS) is 14.2. The van der Waals surface area contributed by atoms with Crippen LogP contribution in [0.5, 0.6) is 0 Å². The van der Waals surface area contributed by atoms with E-state index in [0.717, 1.165) is 51.8 Å². The van der Waals surface area contributed by atoms with Crippen LogP contribution < -0.4 is 5.32 Å². The predicted molar refractivity (Wildman–Crippen MR) is 204 cm³/mol. The lowest BCUT2D eigenvalue weighted by Crippen LogP contribution is -2.45. The molecule has 0 bridgehead atoms. The molecule has 1 amide bonds. The van der Waals surface area contributed by atoms with Gasteiger partial charge in [-0.3, -0.25) is 4.79 Å². The Hall–Kier alpha value is -4.76. The summed E-state index contributed by atoms with van der Waals surface area (Å²) in [6, 6.07) is 42.3. The molecule has 7 rings (SSSR count). The van der Waals surface area contributed by atoms with Crippen LogP contribution >= 0.6 is 11.6 Å². The fourth-order valence-corrected chi connectivity index (χ4v) is 8.82. The fourth-order valence-electron chi connectivity index (χ4n) is 7.38. The first-order valence-electron chi connectivity index (χ1n) is 17.4. The van der Waals surface area contributed by atoms with Crippen LogP contribution in [0.15, 0.2) is 138 Å². The van der Waals surface area contributed by atoms with Crippen molar-refractivity contribution in [3.8, 4) is 0 Å². The zero-order valence-corrected chi connectivity index (χ0v) is 30.2. The number of aromatic nitrogens is 2. The van der Waals surface area contributed by atoms with Crippen molar-refractivity contribution >= 4 is 38.1 Å². The van der Waals surface area contributed by atoms with Gasteiger partial charge in [0.15, 0.2) is 9.84 Å². The molecule has 260 valence electrons. The summed E-state index contributed by atoms with van der Waals surface area (Å²) >= 11 is 6.07. The molecule has 0 atom stereocenters. The summed E-state index contributed by atoms with van der Waals surface area (Å²) in [6.07, 6.45) is 3.70. The van der Waals surface area contributed by atoms with Gasteiger partial charge in [0, 0.05) is 43.3 Å². The number of nitrogens with zero attached hydrogens (tertiary/aromatic N) is 3. The van der Waals surface area contributed by atoms with E-state index in [1.165, 1.54) is 0 Å². The number of imidazole rings is 1. The number of nitrogens with one attached hydrogen (secondary N) is 1. The summed E-state index contributed by atoms with van der Waals surface area (Å²) in [6.45, 7) is 3.82. The first-order valence-corrected chi connectivity index (χ1v) is 19.4. The zero-order chi connectivity index (χ0) is 35.4. The van der Waals surface area contributed by atoms with Crippen LogP contribution in [0.2, 0.25) is 5.02 Å². The molecule has 1 fully saturated rings. The van der Waals surface area contributed by atoms with E-state index >= 15 is 0 Å². The lowest BCUT2D eigenvalue weighted by Gasteiger charge is -2.38. The average Bonchev–Trinajstić information content (AvgIpc) is 3.54. The van der Waals surface area contributed by atoms with Crippen LogP contribution in [0.25, 0.3) is 10.8 Å². The highest BCUT2D eigenvalue weighted by atomic mass is 35.5. The number of fused-ring (bicyclic) bond motifs is 1. The maximum absolute atomic E-state index is 13.1. The SMILES string of the molecule is Cc1nc(CNC2CCN(C(=O)CCS(=O)(=O)c3ccc4cc(Cl)ccc4c3)CC2)cn1C(c1ccccc1)(c1ccccc1)c1ccccc1. The predicted octanol–water partition coefficient (Wildman–Crippen LogP) is 7.78. The Morgan fingerprint density at radius 1 is 0.804 bits per heavy atom. The van der Waals surface area contributed by atoms with Crippen LogP contribution in [0, 0.1) is 6.92 Å². The molecule has 1 aromatic heterocycles. The quantitative estimate of drug-likeness (QED) is 0.139. The third-order valence-electron chi connectivity index (χ3n) is 10.0. The van der Waals surface area contributed by atoms with Crippen LogP contribution in [0.3, 0.4) is 0 Å².